The molecular weight excluding hydrogens is 466 g/mol. The lowest BCUT2D eigenvalue weighted by Crippen LogP contribution is -2.48. The zero-order valence-electron chi connectivity index (χ0n) is 21.4. The van der Waals surface area contributed by atoms with Gasteiger partial charge in [0.05, 0.1) is 31.3 Å². The third-order valence-electron chi connectivity index (χ3n) is 8.00. The third-order valence-corrected chi connectivity index (χ3v) is 8.00. The van der Waals surface area contributed by atoms with Crippen molar-refractivity contribution in [1.82, 2.24) is 9.47 Å². The molecule has 2 saturated carbocycles. The van der Waals surface area contributed by atoms with Gasteiger partial charge in [0.15, 0.2) is 0 Å². The van der Waals surface area contributed by atoms with Crippen molar-refractivity contribution >= 4 is 17.5 Å². The predicted molar refractivity (Wildman–Crippen MR) is 141 cm³/mol. The van der Waals surface area contributed by atoms with Crippen LogP contribution in [0.3, 0.4) is 0 Å². The molecule has 1 atom stereocenters. The number of aromatic nitrogens is 1. The number of methoxy groups -OCH3 is 2. The fourth-order valence-corrected chi connectivity index (χ4v) is 6.01. The molecule has 7 nitrogen and oxygen atoms in total. The van der Waals surface area contributed by atoms with Gasteiger partial charge in [0.2, 0.25) is 11.8 Å². The quantitative estimate of drug-likeness (QED) is 0.453. The van der Waals surface area contributed by atoms with Crippen molar-refractivity contribution in [2.24, 2.45) is 5.92 Å². The number of hydrogen-bond acceptors (Lipinski definition) is 4. The van der Waals surface area contributed by atoms with Gasteiger partial charge in [0.1, 0.15) is 24.1 Å². The van der Waals surface area contributed by atoms with Gasteiger partial charge in [-0.2, -0.15) is 0 Å². The van der Waals surface area contributed by atoms with Gasteiger partial charge >= 0.3 is 0 Å². The smallest absolute Gasteiger partial charge is 0.247 e. The number of nitrogens with zero attached hydrogens (tertiary/aromatic N) is 3. The van der Waals surface area contributed by atoms with Crippen molar-refractivity contribution in [3.05, 3.63) is 72.1 Å². The summed E-state index contributed by atoms with van der Waals surface area (Å²) in [5.41, 5.74) is 3.55. The van der Waals surface area contributed by atoms with E-state index in [1.165, 1.54) is 0 Å². The lowest BCUT2D eigenvalue weighted by atomic mass is 9.96. The molecule has 0 spiro atoms. The molecule has 2 aromatic carbocycles. The first-order chi connectivity index (χ1) is 18.1. The summed E-state index contributed by atoms with van der Waals surface area (Å²) in [6, 6.07) is 17.4. The maximum Gasteiger partial charge on any atom is 0.247 e. The molecule has 3 aliphatic rings. The fraction of sp³-hybridized carbons (Fsp3) is 0.400. The van der Waals surface area contributed by atoms with E-state index in [4.69, 9.17) is 9.47 Å². The van der Waals surface area contributed by atoms with E-state index in [-0.39, 0.29) is 30.3 Å². The van der Waals surface area contributed by atoms with Gasteiger partial charge in [-0.3, -0.25) is 14.5 Å². The van der Waals surface area contributed by atoms with Crippen LogP contribution in [-0.4, -0.2) is 48.1 Å². The topological polar surface area (TPSA) is 64.0 Å². The van der Waals surface area contributed by atoms with Crippen molar-refractivity contribution in [2.45, 2.75) is 50.6 Å². The van der Waals surface area contributed by atoms with Gasteiger partial charge in [0, 0.05) is 23.7 Å². The minimum atomic E-state index is -0.440. The van der Waals surface area contributed by atoms with Crippen molar-refractivity contribution in [2.75, 3.05) is 25.7 Å². The molecule has 6 rings (SSSR count). The van der Waals surface area contributed by atoms with Crippen LogP contribution >= 0.6 is 0 Å². The maximum atomic E-state index is 14.3. The summed E-state index contributed by atoms with van der Waals surface area (Å²) in [6.45, 7) is 0.0812. The van der Waals surface area contributed by atoms with Crippen molar-refractivity contribution in [3.8, 4) is 17.2 Å². The average Bonchev–Trinajstić information content (AvgIpc) is 3.39. The molecule has 1 aromatic heterocycles. The van der Waals surface area contributed by atoms with Crippen LogP contribution in [0.2, 0.25) is 0 Å². The van der Waals surface area contributed by atoms with Gasteiger partial charge in [-0.25, -0.2) is 0 Å². The Labute approximate surface area is 217 Å². The predicted octanol–water partition coefficient (Wildman–Crippen LogP) is 5.11. The van der Waals surface area contributed by atoms with Gasteiger partial charge in [-0.05, 0) is 68.1 Å². The van der Waals surface area contributed by atoms with Crippen LogP contribution in [0.1, 0.15) is 55.8 Å². The van der Waals surface area contributed by atoms with Crippen LogP contribution in [0.5, 0.6) is 11.5 Å². The Hall–Kier alpha value is -3.74. The van der Waals surface area contributed by atoms with Crippen LogP contribution in [-0.2, 0) is 9.59 Å². The van der Waals surface area contributed by atoms with Gasteiger partial charge in [-0.1, -0.05) is 25.0 Å². The Balaban J connectivity index is 1.44. The Kier molecular flexibility index (Phi) is 6.14. The first-order valence-electron chi connectivity index (χ1n) is 13.2. The highest BCUT2D eigenvalue weighted by Gasteiger charge is 2.42. The second kappa shape index (κ2) is 9.61. The SMILES string of the molecule is COc1ccc(OC)c(C2c3cccn3-c3ccccc3N2C(=O)CN(C(=O)C2CCCC2)C2CC2)c1. The molecule has 2 aliphatic carbocycles. The zero-order valence-corrected chi connectivity index (χ0v) is 21.4. The molecule has 2 heterocycles. The second-order valence-corrected chi connectivity index (χ2v) is 10.2. The highest BCUT2D eigenvalue weighted by molar-refractivity contribution is 6.00. The first-order valence-corrected chi connectivity index (χ1v) is 13.2. The van der Waals surface area contributed by atoms with E-state index < -0.39 is 6.04 Å². The molecule has 37 heavy (non-hydrogen) atoms. The van der Waals surface area contributed by atoms with E-state index in [1.807, 2.05) is 70.6 Å². The lowest BCUT2D eigenvalue weighted by molar-refractivity contribution is -0.139. The van der Waals surface area contributed by atoms with E-state index in [1.54, 1.807) is 14.2 Å². The Morgan fingerprint density at radius 3 is 2.38 bits per heavy atom. The fourth-order valence-electron chi connectivity index (χ4n) is 6.01. The molecular formula is C30H33N3O4. The summed E-state index contributed by atoms with van der Waals surface area (Å²) in [7, 11) is 3.28. The first kappa shape index (κ1) is 23.6. The highest BCUT2D eigenvalue weighted by Crippen LogP contribution is 2.46. The van der Waals surface area contributed by atoms with Gasteiger partial charge in [-0.15, -0.1) is 0 Å². The standard InChI is InChI=1S/C30H33N3O4/c1-36-22-15-16-27(37-2)23(18-22)29-26-12-7-17-31(26)24-10-5-6-11-25(24)33(29)28(34)19-32(21-13-14-21)30(35)20-8-3-4-9-20/h5-7,10-12,15-18,20-21,29H,3-4,8-9,13-14,19H2,1-2H3. The van der Waals surface area contributed by atoms with Crippen molar-refractivity contribution < 1.29 is 19.1 Å². The molecule has 2 fully saturated rings. The largest absolute Gasteiger partial charge is 0.497 e. The summed E-state index contributed by atoms with van der Waals surface area (Å²) < 4.78 is 13.5. The van der Waals surface area contributed by atoms with Gasteiger partial charge < -0.3 is 18.9 Å². The van der Waals surface area contributed by atoms with E-state index >= 15 is 0 Å². The summed E-state index contributed by atoms with van der Waals surface area (Å²) in [5, 5.41) is 0. The number of fused-ring (bicyclic) bond motifs is 3. The van der Waals surface area contributed by atoms with E-state index in [0.717, 1.165) is 61.2 Å². The molecule has 1 unspecified atom stereocenters. The summed E-state index contributed by atoms with van der Waals surface area (Å²) >= 11 is 0. The van der Waals surface area contributed by atoms with Crippen LogP contribution in [0.25, 0.3) is 5.69 Å². The van der Waals surface area contributed by atoms with E-state index in [0.29, 0.717) is 11.5 Å². The maximum absolute atomic E-state index is 14.3. The molecule has 0 saturated heterocycles. The van der Waals surface area contributed by atoms with Crippen LogP contribution in [0.15, 0.2) is 60.8 Å². The molecule has 3 aromatic rings. The highest BCUT2D eigenvalue weighted by atomic mass is 16.5. The Morgan fingerprint density at radius 1 is 0.919 bits per heavy atom. The zero-order chi connectivity index (χ0) is 25.5. The van der Waals surface area contributed by atoms with E-state index in [9.17, 15) is 9.59 Å². The number of anilines is 1. The normalized spacial score (nSPS) is 18.8. The number of para-hydroxylation sites is 2. The lowest BCUT2D eigenvalue weighted by Gasteiger charge is -2.40. The summed E-state index contributed by atoms with van der Waals surface area (Å²) in [5.74, 6) is 1.48. The van der Waals surface area contributed by atoms with E-state index in [2.05, 4.69) is 4.57 Å². The molecule has 2 amide bonds. The molecule has 1 aliphatic heterocycles. The number of benzene rings is 2. The second-order valence-electron chi connectivity index (χ2n) is 10.2. The summed E-state index contributed by atoms with van der Waals surface area (Å²) in [6.07, 6.45) is 8.01. The minimum absolute atomic E-state index is 0.0496. The third kappa shape index (κ3) is 4.16. The van der Waals surface area contributed by atoms with Crippen LogP contribution in [0.4, 0.5) is 5.69 Å². The molecule has 192 valence electrons. The molecule has 0 N–H and O–H groups in total. The molecule has 0 bridgehead atoms. The average molecular weight is 500 g/mol. The number of hydrogen-bond donors (Lipinski definition) is 0. The number of carbonyl (C=O) groups is 2. The van der Waals surface area contributed by atoms with Crippen molar-refractivity contribution in [3.63, 3.8) is 0 Å². The van der Waals surface area contributed by atoms with Gasteiger partial charge in [0.25, 0.3) is 0 Å². The summed E-state index contributed by atoms with van der Waals surface area (Å²) in [4.78, 5) is 31.6. The molecule has 0 radical (unpaired) electrons. The number of ether oxygens (including phenoxy) is 2. The van der Waals surface area contributed by atoms with Crippen LogP contribution in [0, 0.1) is 5.92 Å². The monoisotopic (exact) mass is 499 g/mol. The number of amides is 2. The minimum Gasteiger partial charge on any atom is -0.497 e. The molecule has 7 heteroatoms. The van der Waals surface area contributed by atoms with Crippen LogP contribution < -0.4 is 14.4 Å². The number of carbonyl (C=O) groups excluding carboxylic acids is 2. The Morgan fingerprint density at radius 2 is 1.68 bits per heavy atom. The Bertz CT molecular complexity index is 1320. The van der Waals surface area contributed by atoms with Crippen molar-refractivity contribution in [1.29, 1.82) is 0 Å². The number of rotatable bonds is 7.